The Morgan fingerprint density at radius 3 is 2.16 bits per heavy atom. The SMILES string of the molecule is C[C@H]1O[C@@H](O[C@H]2CC[C@@]3(C)[C@@H](CC[C@]4(C)[C@@H]3C=C[C@]35OC[C@@]6(CCC(C)(C)C[C@H]63)[C@](N)(O)C[C@]54C)[C@]2(C)CO)[C@H](O)[C@@H](O[C@@H]2O[C@H](CO)[C@@H](O)[C@H](O)[C@H]2O)[C@H]1O. The zero-order chi connectivity index (χ0) is 40.8. The molecular weight excluding hydrogens is 726 g/mol. The molecule has 8 aliphatic rings. The average Bonchev–Trinajstić information content (AvgIpc) is 3.43. The molecule has 0 radical (unpaired) electrons. The number of fused-ring (bicyclic) bond motifs is 4. The number of nitrogens with two attached hydrogens (primary N) is 1. The maximum atomic E-state index is 12.4. The number of aliphatic hydroxyl groups is 8. The molecule has 0 unspecified atom stereocenters. The van der Waals surface area contributed by atoms with E-state index in [-0.39, 0.29) is 40.6 Å². The monoisotopic (exact) mass is 795 g/mol. The Morgan fingerprint density at radius 2 is 1.48 bits per heavy atom. The number of hydrogen-bond donors (Lipinski definition) is 9. The fourth-order valence-electron chi connectivity index (χ4n) is 14.5. The van der Waals surface area contributed by atoms with Crippen molar-refractivity contribution in [1.82, 2.24) is 0 Å². The van der Waals surface area contributed by atoms with E-state index in [9.17, 15) is 40.9 Å². The van der Waals surface area contributed by atoms with Crippen LogP contribution in [0.3, 0.4) is 0 Å². The van der Waals surface area contributed by atoms with Crippen LogP contribution in [0.2, 0.25) is 0 Å². The summed E-state index contributed by atoms with van der Waals surface area (Å²) in [5, 5.41) is 87.3. The van der Waals surface area contributed by atoms with Gasteiger partial charge in [-0.1, -0.05) is 53.7 Å². The largest absolute Gasteiger partial charge is 0.396 e. The first-order valence-electron chi connectivity index (χ1n) is 21.1. The summed E-state index contributed by atoms with van der Waals surface area (Å²) in [4.78, 5) is 0. The van der Waals surface area contributed by atoms with Gasteiger partial charge < -0.3 is 70.3 Å². The van der Waals surface area contributed by atoms with Gasteiger partial charge in [0.15, 0.2) is 12.6 Å². The molecule has 2 bridgehead atoms. The van der Waals surface area contributed by atoms with Crippen LogP contribution in [0.4, 0.5) is 0 Å². The third kappa shape index (κ3) is 5.37. The molecular formula is C42H69NO13. The van der Waals surface area contributed by atoms with E-state index in [0.29, 0.717) is 19.4 Å². The Bertz CT molecular complexity index is 1540. The van der Waals surface area contributed by atoms with Crippen molar-refractivity contribution in [1.29, 1.82) is 0 Å². The molecule has 8 rings (SSSR count). The summed E-state index contributed by atoms with van der Waals surface area (Å²) < 4.78 is 31.2. The van der Waals surface area contributed by atoms with Gasteiger partial charge in [-0.15, -0.1) is 0 Å². The first-order valence-corrected chi connectivity index (χ1v) is 21.1. The van der Waals surface area contributed by atoms with Crippen molar-refractivity contribution < 1.29 is 64.5 Å². The van der Waals surface area contributed by atoms with E-state index in [1.807, 2.05) is 6.92 Å². The van der Waals surface area contributed by atoms with Crippen molar-refractivity contribution in [3.8, 4) is 0 Å². The minimum Gasteiger partial charge on any atom is -0.396 e. The van der Waals surface area contributed by atoms with E-state index >= 15 is 0 Å². The second-order valence-corrected chi connectivity index (χ2v) is 21.3. The minimum absolute atomic E-state index is 0.00147. The molecule has 7 fully saturated rings. The average molecular weight is 796 g/mol. The quantitative estimate of drug-likeness (QED) is 0.104. The van der Waals surface area contributed by atoms with E-state index < -0.39 is 102 Å². The number of hydrogen-bond acceptors (Lipinski definition) is 14. The summed E-state index contributed by atoms with van der Waals surface area (Å²) in [6, 6.07) is 0. The lowest BCUT2D eigenvalue weighted by Gasteiger charge is -2.74. The predicted molar refractivity (Wildman–Crippen MR) is 200 cm³/mol. The van der Waals surface area contributed by atoms with E-state index in [1.54, 1.807) is 6.92 Å². The third-order valence-corrected chi connectivity index (χ3v) is 18.1. The van der Waals surface area contributed by atoms with Crippen molar-refractivity contribution in [2.45, 2.75) is 179 Å². The molecule has 3 saturated heterocycles. The highest BCUT2D eigenvalue weighted by atomic mass is 16.7. The smallest absolute Gasteiger partial charge is 0.187 e. The standard InChI is InChI=1S/C42H69NO13/c1-21-27(46)32(56-33-30(49)29(48)28(47)22(17-44)54-33)31(50)34(53-21)55-26-10-11-36(4)23(37(26,5)19-45)8-12-38(6)24(36)9-13-41-25-16-35(2,3)14-15-40(25,20-52-41)42(43,51)18-39(38,41)7/h9,13,21-34,44-51H,8,10-12,14-20,43H2,1-7H3/t21-,22-,23-,24-,25-,26+,27+,28-,29+,30-,31-,32+,33+,34+,36+,37+,38-,39+,40-,41+,42-/m1/s1. The summed E-state index contributed by atoms with van der Waals surface area (Å²) in [5.74, 6) is 0.181. The molecule has 4 saturated carbocycles. The second-order valence-electron chi connectivity index (χ2n) is 21.3. The van der Waals surface area contributed by atoms with Crippen molar-refractivity contribution in [2.75, 3.05) is 19.8 Å². The Kier molecular flexibility index (Phi) is 9.98. The summed E-state index contributed by atoms with van der Waals surface area (Å²) >= 11 is 0. The van der Waals surface area contributed by atoms with Gasteiger partial charge in [-0.2, -0.15) is 0 Å². The van der Waals surface area contributed by atoms with Gasteiger partial charge in [0.2, 0.25) is 0 Å². The molecule has 3 heterocycles. The van der Waals surface area contributed by atoms with Gasteiger partial charge in [-0.05, 0) is 86.4 Å². The van der Waals surface area contributed by atoms with Crippen LogP contribution in [0, 0.1) is 50.2 Å². The topological polar surface area (TPSA) is 234 Å². The van der Waals surface area contributed by atoms with Gasteiger partial charge in [-0.25, -0.2) is 0 Å². The maximum Gasteiger partial charge on any atom is 0.187 e. The van der Waals surface area contributed by atoms with Crippen LogP contribution in [0.1, 0.15) is 99.8 Å². The lowest BCUT2D eigenvalue weighted by Crippen LogP contribution is -2.76. The van der Waals surface area contributed by atoms with Gasteiger partial charge in [-0.3, -0.25) is 0 Å². The van der Waals surface area contributed by atoms with Crippen LogP contribution >= 0.6 is 0 Å². The molecule has 1 spiro atoms. The molecule has 320 valence electrons. The highest BCUT2D eigenvalue weighted by Crippen LogP contribution is 2.80. The number of allylic oxidation sites excluding steroid dienone is 1. The highest BCUT2D eigenvalue weighted by molar-refractivity contribution is 5.37. The zero-order valence-electron chi connectivity index (χ0n) is 34.2. The Labute approximate surface area is 330 Å². The summed E-state index contributed by atoms with van der Waals surface area (Å²) in [5.41, 5.74) is 3.03. The first-order chi connectivity index (χ1) is 26.0. The zero-order valence-corrected chi connectivity index (χ0v) is 34.2. The van der Waals surface area contributed by atoms with Crippen molar-refractivity contribution in [2.24, 2.45) is 56.0 Å². The van der Waals surface area contributed by atoms with Crippen LogP contribution in [0.5, 0.6) is 0 Å². The molecule has 0 aromatic carbocycles. The fourth-order valence-corrected chi connectivity index (χ4v) is 14.5. The van der Waals surface area contributed by atoms with Crippen LogP contribution in [0.25, 0.3) is 0 Å². The second kappa shape index (κ2) is 13.3. The van der Waals surface area contributed by atoms with Crippen LogP contribution in [-0.4, -0.2) is 140 Å². The van der Waals surface area contributed by atoms with E-state index in [0.717, 1.165) is 38.5 Å². The van der Waals surface area contributed by atoms with Crippen molar-refractivity contribution in [3.63, 3.8) is 0 Å². The Hall–Kier alpha value is -0.820. The summed E-state index contributed by atoms with van der Waals surface area (Å²) in [7, 11) is 0. The first kappa shape index (κ1) is 41.9. The molecule has 0 aromatic rings. The van der Waals surface area contributed by atoms with Gasteiger partial charge in [0, 0.05) is 22.2 Å². The normalized spacial score (nSPS) is 60.1. The van der Waals surface area contributed by atoms with Gasteiger partial charge in [0.1, 0.15) is 48.5 Å². The molecule has 14 heteroatoms. The molecule has 21 atom stereocenters. The lowest BCUT2D eigenvalue weighted by atomic mass is 9.31. The van der Waals surface area contributed by atoms with Crippen molar-refractivity contribution >= 4 is 0 Å². The minimum atomic E-state index is -1.73. The van der Waals surface area contributed by atoms with Gasteiger partial charge in [0.05, 0.1) is 37.6 Å². The van der Waals surface area contributed by atoms with Crippen LogP contribution in [-0.2, 0) is 23.7 Å². The lowest BCUT2D eigenvalue weighted by molar-refractivity contribution is -0.367. The maximum absolute atomic E-state index is 12.4. The van der Waals surface area contributed by atoms with Crippen molar-refractivity contribution in [3.05, 3.63) is 12.2 Å². The molecule has 0 amide bonds. The Balaban J connectivity index is 1.06. The molecule has 5 aliphatic carbocycles. The predicted octanol–water partition coefficient (Wildman–Crippen LogP) is 1.06. The highest BCUT2D eigenvalue weighted by Gasteiger charge is 2.81. The molecule has 3 aliphatic heterocycles. The summed E-state index contributed by atoms with van der Waals surface area (Å²) in [6.07, 6.45) is -3.97. The summed E-state index contributed by atoms with van der Waals surface area (Å²) in [6.45, 7) is 15.0. The number of ether oxygens (including phenoxy) is 5. The van der Waals surface area contributed by atoms with Gasteiger partial charge >= 0.3 is 0 Å². The van der Waals surface area contributed by atoms with Crippen LogP contribution < -0.4 is 5.73 Å². The third-order valence-electron chi connectivity index (χ3n) is 18.1. The van der Waals surface area contributed by atoms with E-state index in [1.165, 1.54) is 0 Å². The molecule has 0 aromatic heterocycles. The number of aliphatic hydroxyl groups excluding tert-OH is 7. The molecule has 10 N–H and O–H groups in total. The van der Waals surface area contributed by atoms with Gasteiger partial charge in [0.25, 0.3) is 0 Å². The van der Waals surface area contributed by atoms with E-state index in [4.69, 9.17) is 29.4 Å². The van der Waals surface area contributed by atoms with Crippen LogP contribution in [0.15, 0.2) is 12.2 Å². The Morgan fingerprint density at radius 1 is 0.786 bits per heavy atom. The number of rotatable bonds is 6. The fraction of sp³-hybridized carbons (Fsp3) is 0.952. The molecule has 14 nitrogen and oxygen atoms in total. The molecule has 56 heavy (non-hydrogen) atoms. The van der Waals surface area contributed by atoms with E-state index in [2.05, 4.69) is 46.8 Å².